The van der Waals surface area contributed by atoms with Crippen LogP contribution >= 0.6 is 11.6 Å². The lowest BCUT2D eigenvalue weighted by atomic mass is 10.1. The SMILES string of the molecule is Cc1ncn(-c2cc(CCl)nc3ccccc23)c1C. The second-order valence-electron chi connectivity index (χ2n) is 4.57. The maximum atomic E-state index is 5.94. The van der Waals surface area contributed by atoms with Gasteiger partial charge in [0.2, 0.25) is 0 Å². The normalized spacial score (nSPS) is 11.1. The van der Waals surface area contributed by atoms with Gasteiger partial charge in [0, 0.05) is 11.1 Å². The van der Waals surface area contributed by atoms with Crippen LogP contribution in [0, 0.1) is 13.8 Å². The molecule has 0 amide bonds. The van der Waals surface area contributed by atoms with Crippen molar-refractivity contribution in [3.8, 4) is 5.69 Å². The second kappa shape index (κ2) is 4.67. The average Bonchev–Trinajstić information content (AvgIpc) is 2.78. The van der Waals surface area contributed by atoms with Crippen LogP contribution in [0.25, 0.3) is 16.6 Å². The summed E-state index contributed by atoms with van der Waals surface area (Å²) in [7, 11) is 0. The van der Waals surface area contributed by atoms with E-state index >= 15 is 0 Å². The Morgan fingerprint density at radius 2 is 2.00 bits per heavy atom. The summed E-state index contributed by atoms with van der Waals surface area (Å²) < 4.78 is 2.09. The molecule has 96 valence electrons. The zero-order valence-electron chi connectivity index (χ0n) is 10.9. The molecule has 3 rings (SSSR count). The largest absolute Gasteiger partial charge is 0.303 e. The number of fused-ring (bicyclic) bond motifs is 1. The number of aromatic nitrogens is 3. The Labute approximate surface area is 116 Å². The summed E-state index contributed by atoms with van der Waals surface area (Å²) in [5, 5.41) is 1.11. The molecule has 0 atom stereocenters. The fraction of sp³-hybridized carbons (Fsp3) is 0.200. The molecule has 0 aliphatic carbocycles. The summed E-state index contributed by atoms with van der Waals surface area (Å²) in [6.07, 6.45) is 1.85. The Balaban J connectivity index is 2.36. The minimum absolute atomic E-state index is 0.407. The highest BCUT2D eigenvalue weighted by Crippen LogP contribution is 2.24. The number of hydrogen-bond donors (Lipinski definition) is 0. The molecule has 19 heavy (non-hydrogen) atoms. The number of benzene rings is 1. The predicted octanol–water partition coefficient (Wildman–Crippen LogP) is 3.78. The molecule has 2 heterocycles. The summed E-state index contributed by atoms with van der Waals surface area (Å²) >= 11 is 5.94. The number of halogens is 1. The summed E-state index contributed by atoms with van der Waals surface area (Å²) in [5.74, 6) is 0.407. The number of hydrogen-bond acceptors (Lipinski definition) is 2. The van der Waals surface area contributed by atoms with Gasteiger partial charge in [-0.25, -0.2) is 4.98 Å². The Morgan fingerprint density at radius 1 is 1.21 bits per heavy atom. The molecular formula is C15H14ClN3. The monoisotopic (exact) mass is 271 g/mol. The Hall–Kier alpha value is -1.87. The molecule has 2 aromatic heterocycles. The Morgan fingerprint density at radius 3 is 2.68 bits per heavy atom. The third-order valence-electron chi connectivity index (χ3n) is 3.40. The number of nitrogens with zero attached hydrogens (tertiary/aromatic N) is 3. The first-order valence-corrected chi connectivity index (χ1v) is 6.69. The molecule has 0 saturated heterocycles. The number of pyridine rings is 1. The van der Waals surface area contributed by atoms with E-state index in [-0.39, 0.29) is 0 Å². The van der Waals surface area contributed by atoms with E-state index in [0.29, 0.717) is 5.88 Å². The Kier molecular flexibility index (Phi) is 2.99. The van der Waals surface area contributed by atoms with E-state index in [1.54, 1.807) is 0 Å². The first-order chi connectivity index (χ1) is 9.20. The number of alkyl halides is 1. The molecule has 0 aliphatic heterocycles. The molecule has 1 aromatic carbocycles. The first kappa shape index (κ1) is 12.2. The highest BCUT2D eigenvalue weighted by molar-refractivity contribution is 6.17. The zero-order chi connectivity index (χ0) is 13.4. The van der Waals surface area contributed by atoms with Crippen molar-refractivity contribution < 1.29 is 0 Å². The van der Waals surface area contributed by atoms with Gasteiger partial charge in [-0.2, -0.15) is 0 Å². The molecule has 0 aliphatic rings. The van der Waals surface area contributed by atoms with Crippen LogP contribution in [0.15, 0.2) is 36.7 Å². The van der Waals surface area contributed by atoms with Crippen LogP contribution in [0.1, 0.15) is 17.1 Å². The summed E-state index contributed by atoms with van der Waals surface area (Å²) in [4.78, 5) is 8.92. The van der Waals surface area contributed by atoms with E-state index < -0.39 is 0 Å². The van der Waals surface area contributed by atoms with Crippen molar-refractivity contribution in [3.05, 3.63) is 53.7 Å². The minimum Gasteiger partial charge on any atom is -0.303 e. The highest BCUT2D eigenvalue weighted by Gasteiger charge is 2.10. The van der Waals surface area contributed by atoms with Crippen LogP contribution in [-0.4, -0.2) is 14.5 Å². The molecule has 3 aromatic rings. The molecule has 0 N–H and O–H groups in total. The van der Waals surface area contributed by atoms with Gasteiger partial charge >= 0.3 is 0 Å². The number of para-hydroxylation sites is 1. The van der Waals surface area contributed by atoms with Crippen molar-refractivity contribution in [2.45, 2.75) is 19.7 Å². The summed E-state index contributed by atoms with van der Waals surface area (Å²) in [6.45, 7) is 4.08. The molecule has 0 bridgehead atoms. The summed E-state index contributed by atoms with van der Waals surface area (Å²) in [5.41, 5.74) is 5.09. The van der Waals surface area contributed by atoms with Gasteiger partial charge in [0.05, 0.1) is 34.8 Å². The molecule has 0 unspecified atom stereocenters. The topological polar surface area (TPSA) is 30.7 Å². The highest BCUT2D eigenvalue weighted by atomic mass is 35.5. The van der Waals surface area contributed by atoms with E-state index in [9.17, 15) is 0 Å². The van der Waals surface area contributed by atoms with E-state index in [2.05, 4.69) is 27.5 Å². The molecule has 4 heteroatoms. The van der Waals surface area contributed by atoms with Crippen molar-refractivity contribution in [2.75, 3.05) is 0 Å². The maximum absolute atomic E-state index is 5.94. The van der Waals surface area contributed by atoms with Crippen LogP contribution in [-0.2, 0) is 5.88 Å². The van der Waals surface area contributed by atoms with Gasteiger partial charge < -0.3 is 4.57 Å². The lowest BCUT2D eigenvalue weighted by molar-refractivity contribution is 1.00. The third kappa shape index (κ3) is 2.00. The van der Waals surface area contributed by atoms with Crippen LogP contribution in [0.4, 0.5) is 0 Å². The fourth-order valence-electron chi connectivity index (χ4n) is 2.22. The van der Waals surface area contributed by atoms with Gasteiger partial charge in [-0.1, -0.05) is 18.2 Å². The average molecular weight is 272 g/mol. The third-order valence-corrected chi connectivity index (χ3v) is 3.67. The molecule has 0 fully saturated rings. The second-order valence-corrected chi connectivity index (χ2v) is 4.84. The van der Waals surface area contributed by atoms with Gasteiger partial charge in [-0.05, 0) is 26.0 Å². The lowest BCUT2D eigenvalue weighted by Crippen LogP contribution is -2.00. The maximum Gasteiger partial charge on any atom is 0.0997 e. The van der Waals surface area contributed by atoms with Crippen molar-refractivity contribution in [2.24, 2.45) is 0 Å². The van der Waals surface area contributed by atoms with Gasteiger partial charge in [0.15, 0.2) is 0 Å². The number of imidazole rings is 1. The van der Waals surface area contributed by atoms with Crippen molar-refractivity contribution in [1.82, 2.24) is 14.5 Å². The molecule has 0 spiro atoms. The molecule has 0 radical (unpaired) electrons. The minimum atomic E-state index is 0.407. The van der Waals surface area contributed by atoms with Crippen molar-refractivity contribution in [1.29, 1.82) is 0 Å². The Bertz CT molecular complexity index is 746. The van der Waals surface area contributed by atoms with Gasteiger partial charge in [0.1, 0.15) is 0 Å². The molecule has 0 saturated carbocycles. The number of aryl methyl sites for hydroxylation is 1. The molecule has 3 nitrogen and oxygen atoms in total. The van der Waals surface area contributed by atoms with Crippen LogP contribution in [0.3, 0.4) is 0 Å². The van der Waals surface area contributed by atoms with Gasteiger partial charge in [-0.3, -0.25) is 4.98 Å². The quantitative estimate of drug-likeness (QED) is 0.664. The van der Waals surface area contributed by atoms with Gasteiger partial charge in [0.25, 0.3) is 0 Å². The van der Waals surface area contributed by atoms with Crippen LogP contribution in [0.2, 0.25) is 0 Å². The van der Waals surface area contributed by atoms with Crippen LogP contribution in [0.5, 0.6) is 0 Å². The summed E-state index contributed by atoms with van der Waals surface area (Å²) in [6, 6.07) is 10.1. The number of rotatable bonds is 2. The molecular weight excluding hydrogens is 258 g/mol. The van der Waals surface area contributed by atoms with Gasteiger partial charge in [-0.15, -0.1) is 11.6 Å². The van der Waals surface area contributed by atoms with Crippen molar-refractivity contribution in [3.63, 3.8) is 0 Å². The van der Waals surface area contributed by atoms with E-state index in [0.717, 1.165) is 33.7 Å². The van der Waals surface area contributed by atoms with Crippen molar-refractivity contribution >= 4 is 22.5 Å². The zero-order valence-corrected chi connectivity index (χ0v) is 11.6. The van der Waals surface area contributed by atoms with E-state index in [1.165, 1.54) is 0 Å². The predicted molar refractivity (Wildman–Crippen MR) is 77.9 cm³/mol. The lowest BCUT2D eigenvalue weighted by Gasteiger charge is -2.11. The fourth-order valence-corrected chi connectivity index (χ4v) is 2.36. The van der Waals surface area contributed by atoms with E-state index in [4.69, 9.17) is 11.6 Å². The van der Waals surface area contributed by atoms with Crippen LogP contribution < -0.4 is 0 Å². The smallest absolute Gasteiger partial charge is 0.0997 e. The first-order valence-electron chi connectivity index (χ1n) is 6.16. The van der Waals surface area contributed by atoms with E-state index in [1.807, 2.05) is 37.5 Å². The standard InChI is InChI=1S/C15H14ClN3/c1-10-11(2)19(9-17-10)15-7-12(8-16)18-14-6-4-3-5-13(14)15/h3-7,9H,8H2,1-2H3.